The van der Waals surface area contributed by atoms with Crippen LogP contribution in [0, 0.1) is 0 Å². The molecule has 0 spiro atoms. The monoisotopic (exact) mass is 397 g/mol. The molecule has 1 amide bonds. The van der Waals surface area contributed by atoms with Gasteiger partial charge in [0.05, 0.1) is 0 Å². The van der Waals surface area contributed by atoms with E-state index in [1.165, 1.54) is 0 Å². The molecule has 0 atom stereocenters. The van der Waals surface area contributed by atoms with Gasteiger partial charge >= 0.3 is 0 Å². The molecule has 6 nitrogen and oxygen atoms in total. The summed E-state index contributed by atoms with van der Waals surface area (Å²) in [6.45, 7) is -0.170. The summed E-state index contributed by atoms with van der Waals surface area (Å²) < 4.78 is 10.9. The summed E-state index contributed by atoms with van der Waals surface area (Å²) in [6.07, 6.45) is 2.02. The SMILES string of the molecule is NC(=O)COc1ccc(-c2noc(/C(=C\c3ccccc3)c3ccccc3)n2)cc1. The van der Waals surface area contributed by atoms with Crippen LogP contribution in [0.25, 0.3) is 23.0 Å². The molecule has 1 heterocycles. The van der Waals surface area contributed by atoms with Crippen LogP contribution >= 0.6 is 0 Å². The van der Waals surface area contributed by atoms with Gasteiger partial charge in [0.15, 0.2) is 6.61 Å². The van der Waals surface area contributed by atoms with Crippen molar-refractivity contribution in [1.82, 2.24) is 10.1 Å². The van der Waals surface area contributed by atoms with Crippen molar-refractivity contribution in [2.45, 2.75) is 0 Å². The number of hydrogen-bond acceptors (Lipinski definition) is 5. The van der Waals surface area contributed by atoms with E-state index in [0.29, 0.717) is 17.5 Å². The molecule has 148 valence electrons. The number of carbonyl (C=O) groups excluding carboxylic acids is 1. The number of benzene rings is 3. The maximum absolute atomic E-state index is 10.8. The Morgan fingerprint density at radius 1 is 0.933 bits per heavy atom. The highest BCUT2D eigenvalue weighted by molar-refractivity contribution is 5.88. The standard InChI is InChI=1S/C24H19N3O3/c25-22(28)16-29-20-13-11-19(12-14-20)23-26-24(30-27-23)21(18-9-5-2-6-10-18)15-17-7-3-1-4-8-17/h1-15H,16H2,(H2,25,28)/b21-15-. The van der Waals surface area contributed by atoms with E-state index in [1.54, 1.807) is 24.3 Å². The number of primary amides is 1. The van der Waals surface area contributed by atoms with Crippen molar-refractivity contribution in [2.75, 3.05) is 6.61 Å². The van der Waals surface area contributed by atoms with E-state index in [2.05, 4.69) is 10.1 Å². The van der Waals surface area contributed by atoms with Crippen molar-refractivity contribution in [3.8, 4) is 17.1 Å². The second-order valence-corrected chi connectivity index (χ2v) is 6.54. The van der Waals surface area contributed by atoms with Gasteiger partial charge in [-0.25, -0.2) is 0 Å². The number of nitrogens with two attached hydrogens (primary N) is 1. The van der Waals surface area contributed by atoms with Crippen LogP contribution < -0.4 is 10.5 Å². The average molecular weight is 397 g/mol. The van der Waals surface area contributed by atoms with Gasteiger partial charge in [0.1, 0.15) is 5.75 Å². The molecule has 0 aliphatic rings. The lowest BCUT2D eigenvalue weighted by molar-refractivity contribution is -0.119. The first-order chi connectivity index (χ1) is 14.7. The molecule has 4 rings (SSSR count). The largest absolute Gasteiger partial charge is 0.484 e. The van der Waals surface area contributed by atoms with E-state index >= 15 is 0 Å². The summed E-state index contributed by atoms with van der Waals surface area (Å²) >= 11 is 0. The highest BCUT2D eigenvalue weighted by Gasteiger charge is 2.15. The van der Waals surface area contributed by atoms with E-state index in [0.717, 1.165) is 22.3 Å². The molecule has 0 bridgehead atoms. The smallest absolute Gasteiger partial charge is 0.258 e. The highest BCUT2D eigenvalue weighted by Crippen LogP contribution is 2.27. The molecule has 2 N–H and O–H groups in total. The molecule has 0 aliphatic heterocycles. The van der Waals surface area contributed by atoms with Gasteiger partial charge in [-0.1, -0.05) is 65.8 Å². The minimum atomic E-state index is -0.527. The Morgan fingerprint density at radius 3 is 2.27 bits per heavy atom. The van der Waals surface area contributed by atoms with E-state index in [4.69, 9.17) is 15.0 Å². The third kappa shape index (κ3) is 4.62. The number of nitrogens with zero attached hydrogens (tertiary/aromatic N) is 2. The predicted octanol–water partition coefficient (Wildman–Crippen LogP) is 4.19. The summed E-state index contributed by atoms with van der Waals surface area (Å²) in [5, 5.41) is 4.14. The van der Waals surface area contributed by atoms with Gasteiger partial charge in [0.25, 0.3) is 11.8 Å². The molecule has 0 unspecified atom stereocenters. The lowest BCUT2D eigenvalue weighted by Crippen LogP contribution is -2.19. The second-order valence-electron chi connectivity index (χ2n) is 6.54. The fourth-order valence-electron chi connectivity index (χ4n) is 2.91. The molecule has 30 heavy (non-hydrogen) atoms. The van der Waals surface area contributed by atoms with Crippen LogP contribution in [-0.2, 0) is 4.79 Å². The van der Waals surface area contributed by atoms with Crippen LogP contribution in [0.3, 0.4) is 0 Å². The Labute approximate surface area is 173 Å². The molecule has 1 aromatic heterocycles. The number of rotatable bonds is 7. The lowest BCUT2D eigenvalue weighted by atomic mass is 10.0. The highest BCUT2D eigenvalue weighted by atomic mass is 16.5. The number of hydrogen-bond donors (Lipinski definition) is 1. The predicted molar refractivity (Wildman–Crippen MR) is 114 cm³/mol. The van der Waals surface area contributed by atoms with Crippen molar-refractivity contribution in [1.29, 1.82) is 0 Å². The van der Waals surface area contributed by atoms with Gasteiger partial charge in [0.2, 0.25) is 5.82 Å². The molecular formula is C24H19N3O3. The maximum atomic E-state index is 10.8. The first kappa shape index (κ1) is 19.1. The Kier molecular flexibility index (Phi) is 5.66. The van der Waals surface area contributed by atoms with Crippen LogP contribution in [0.15, 0.2) is 89.5 Å². The topological polar surface area (TPSA) is 91.2 Å². The zero-order valence-electron chi connectivity index (χ0n) is 16.1. The third-order valence-corrected chi connectivity index (χ3v) is 4.35. The fourth-order valence-corrected chi connectivity index (χ4v) is 2.91. The lowest BCUT2D eigenvalue weighted by Gasteiger charge is -2.04. The van der Waals surface area contributed by atoms with Gasteiger partial charge in [0, 0.05) is 11.1 Å². The molecule has 0 saturated heterocycles. The van der Waals surface area contributed by atoms with Crippen LogP contribution in [0.5, 0.6) is 5.75 Å². The van der Waals surface area contributed by atoms with Crippen molar-refractivity contribution in [2.24, 2.45) is 5.73 Å². The molecule has 6 heteroatoms. The van der Waals surface area contributed by atoms with Crippen LogP contribution in [0.2, 0.25) is 0 Å². The van der Waals surface area contributed by atoms with E-state index in [-0.39, 0.29) is 6.61 Å². The summed E-state index contributed by atoms with van der Waals surface area (Å²) in [5.74, 6) is 0.895. The Bertz CT molecular complexity index is 1150. The third-order valence-electron chi connectivity index (χ3n) is 4.35. The second kappa shape index (κ2) is 8.87. The summed E-state index contributed by atoms with van der Waals surface area (Å²) in [4.78, 5) is 15.4. The van der Waals surface area contributed by atoms with Crippen LogP contribution in [0.4, 0.5) is 0 Å². The van der Waals surface area contributed by atoms with E-state index in [9.17, 15) is 4.79 Å². The van der Waals surface area contributed by atoms with Crippen LogP contribution in [0.1, 0.15) is 17.0 Å². The quantitative estimate of drug-likeness (QED) is 0.472. The van der Waals surface area contributed by atoms with Crippen molar-refractivity contribution >= 4 is 17.6 Å². The number of ether oxygens (including phenoxy) is 1. The Morgan fingerprint density at radius 2 is 1.60 bits per heavy atom. The summed E-state index contributed by atoms with van der Waals surface area (Å²) in [6, 6.07) is 26.9. The Balaban J connectivity index is 1.64. The maximum Gasteiger partial charge on any atom is 0.258 e. The molecule has 0 saturated carbocycles. The van der Waals surface area contributed by atoms with Crippen molar-refractivity contribution < 1.29 is 14.1 Å². The van der Waals surface area contributed by atoms with Crippen molar-refractivity contribution in [3.05, 3.63) is 102 Å². The molecule has 3 aromatic carbocycles. The minimum Gasteiger partial charge on any atom is -0.484 e. The molecule has 0 fully saturated rings. The minimum absolute atomic E-state index is 0.170. The van der Waals surface area contributed by atoms with Gasteiger partial charge in [-0.05, 0) is 41.5 Å². The van der Waals surface area contributed by atoms with E-state index in [1.807, 2.05) is 66.7 Å². The molecular weight excluding hydrogens is 378 g/mol. The number of aromatic nitrogens is 2. The van der Waals surface area contributed by atoms with Gasteiger partial charge in [-0.3, -0.25) is 4.79 Å². The average Bonchev–Trinajstić information content (AvgIpc) is 3.28. The number of carbonyl (C=O) groups is 1. The summed E-state index contributed by atoms with van der Waals surface area (Å²) in [5.41, 5.74) is 8.71. The normalized spacial score (nSPS) is 11.3. The first-order valence-electron chi connectivity index (χ1n) is 9.37. The van der Waals surface area contributed by atoms with E-state index < -0.39 is 5.91 Å². The van der Waals surface area contributed by atoms with Gasteiger partial charge < -0.3 is 15.0 Å². The molecule has 0 aliphatic carbocycles. The van der Waals surface area contributed by atoms with Crippen LogP contribution in [-0.4, -0.2) is 22.7 Å². The van der Waals surface area contributed by atoms with Gasteiger partial charge in [-0.2, -0.15) is 4.98 Å². The Hall–Kier alpha value is -4.19. The zero-order valence-corrected chi connectivity index (χ0v) is 16.1. The first-order valence-corrected chi connectivity index (χ1v) is 9.37. The van der Waals surface area contributed by atoms with Crippen molar-refractivity contribution in [3.63, 3.8) is 0 Å². The summed E-state index contributed by atoms with van der Waals surface area (Å²) in [7, 11) is 0. The molecule has 0 radical (unpaired) electrons. The van der Waals surface area contributed by atoms with Gasteiger partial charge in [-0.15, -0.1) is 0 Å². The molecule has 4 aromatic rings. The zero-order chi connectivity index (χ0) is 20.8. The number of amides is 1. The fraction of sp³-hybridized carbons (Fsp3) is 0.0417.